The van der Waals surface area contributed by atoms with E-state index in [1.807, 2.05) is 0 Å². The highest BCUT2D eigenvalue weighted by molar-refractivity contribution is 9.11. The van der Waals surface area contributed by atoms with Gasteiger partial charge in [-0.3, -0.25) is 4.79 Å². The molecule has 0 bridgehead atoms. The zero-order valence-corrected chi connectivity index (χ0v) is 14.0. The molecule has 2 N–H and O–H groups in total. The number of nitrogens with one attached hydrogen (secondary N) is 1. The molecule has 1 amide bonds. The Balaban J connectivity index is 2.23. The molecule has 1 heterocycles. The highest BCUT2D eigenvalue weighted by atomic mass is 79.9. The van der Waals surface area contributed by atoms with Crippen LogP contribution < -0.4 is 5.32 Å². The summed E-state index contributed by atoms with van der Waals surface area (Å²) in [5.74, 6) is 5.52. The molecule has 0 spiro atoms. The molecule has 1 aromatic carbocycles. The Bertz CT molecular complexity index is 718. The number of carbonyl (C=O) groups excluding carboxylic acids is 1. The monoisotopic (exact) mass is 383 g/mol. The first-order valence-corrected chi connectivity index (χ1v) is 8.10. The number of hydrogen-bond donors (Lipinski definition) is 2. The minimum atomic E-state index is -0.204. The van der Waals surface area contributed by atoms with Crippen molar-refractivity contribution in [3.8, 4) is 11.8 Å². The van der Waals surface area contributed by atoms with Gasteiger partial charge >= 0.3 is 0 Å². The molecule has 0 aliphatic heterocycles. The second-order valence-corrected chi connectivity index (χ2v) is 6.79. The second kappa shape index (κ2) is 7.62. The third-order valence-corrected chi connectivity index (χ3v) is 4.26. The molecule has 0 saturated carbocycles. The van der Waals surface area contributed by atoms with Crippen LogP contribution in [0.1, 0.15) is 22.3 Å². The van der Waals surface area contributed by atoms with Crippen LogP contribution >= 0.6 is 38.9 Å². The van der Waals surface area contributed by atoms with E-state index < -0.39 is 0 Å². The van der Waals surface area contributed by atoms with Gasteiger partial charge < -0.3 is 10.4 Å². The fraction of sp³-hybridized carbons (Fsp3) is 0.133. The largest absolute Gasteiger partial charge is 0.395 e. The fourth-order valence-corrected chi connectivity index (χ4v) is 2.87. The molecule has 0 radical (unpaired) electrons. The van der Waals surface area contributed by atoms with Crippen molar-refractivity contribution in [3.05, 3.63) is 49.6 Å². The Kier molecular flexibility index (Phi) is 5.83. The first kappa shape index (κ1) is 16.1. The lowest BCUT2D eigenvalue weighted by Gasteiger charge is -2.07. The van der Waals surface area contributed by atoms with Crippen LogP contribution in [0.4, 0.5) is 5.69 Å². The van der Waals surface area contributed by atoms with Crippen molar-refractivity contribution in [2.75, 3.05) is 11.9 Å². The molecule has 0 unspecified atom stereocenters. The van der Waals surface area contributed by atoms with Gasteiger partial charge in [-0.1, -0.05) is 23.4 Å². The van der Waals surface area contributed by atoms with Gasteiger partial charge in [-0.25, -0.2) is 0 Å². The van der Waals surface area contributed by atoms with Crippen molar-refractivity contribution in [1.82, 2.24) is 0 Å². The summed E-state index contributed by atoms with van der Waals surface area (Å²) in [6.07, 6.45) is 0.372. The topological polar surface area (TPSA) is 49.3 Å². The van der Waals surface area contributed by atoms with Gasteiger partial charge in [0.05, 0.1) is 21.6 Å². The summed E-state index contributed by atoms with van der Waals surface area (Å²) in [7, 11) is 0. The maximum Gasteiger partial charge on any atom is 0.256 e. The number of amides is 1. The van der Waals surface area contributed by atoms with Gasteiger partial charge in [0.1, 0.15) is 0 Å². The highest BCUT2D eigenvalue weighted by Crippen LogP contribution is 2.24. The van der Waals surface area contributed by atoms with Crippen LogP contribution in [0.3, 0.4) is 0 Å². The number of aliphatic hydroxyl groups excluding tert-OH is 1. The van der Waals surface area contributed by atoms with E-state index in [9.17, 15) is 4.79 Å². The van der Waals surface area contributed by atoms with Crippen molar-refractivity contribution >= 4 is 50.5 Å². The lowest BCUT2D eigenvalue weighted by atomic mass is 10.1. The third-order valence-electron chi connectivity index (χ3n) is 2.52. The molecule has 0 atom stereocenters. The number of rotatable bonds is 3. The minimum Gasteiger partial charge on any atom is -0.395 e. The van der Waals surface area contributed by atoms with E-state index in [4.69, 9.17) is 16.7 Å². The van der Waals surface area contributed by atoms with Gasteiger partial charge in [-0.15, -0.1) is 11.3 Å². The van der Waals surface area contributed by atoms with Crippen LogP contribution in [0.25, 0.3) is 0 Å². The van der Waals surface area contributed by atoms with E-state index >= 15 is 0 Å². The summed E-state index contributed by atoms with van der Waals surface area (Å²) in [6.45, 7) is -0.00180. The summed E-state index contributed by atoms with van der Waals surface area (Å²) >= 11 is 10.7. The summed E-state index contributed by atoms with van der Waals surface area (Å²) in [4.78, 5) is 12.1. The normalized spacial score (nSPS) is 9.86. The molecule has 6 heteroatoms. The van der Waals surface area contributed by atoms with Crippen molar-refractivity contribution in [2.24, 2.45) is 0 Å². The molecule has 2 aromatic rings. The molecule has 0 aliphatic rings. The standard InChI is InChI=1S/C15H11BrClNO2S/c16-14-8-11(9-21-14)15(20)18-13-5-4-12(17)7-10(13)3-1-2-6-19/h4-5,7-9,19H,2,6H2,(H,18,20). The number of thiophene rings is 1. The average Bonchev–Trinajstić information content (AvgIpc) is 2.88. The second-order valence-electron chi connectivity index (χ2n) is 4.06. The minimum absolute atomic E-state index is 0.00180. The molecule has 3 nitrogen and oxygen atoms in total. The predicted octanol–water partition coefficient (Wildman–Crippen LogP) is 4.15. The average molecular weight is 385 g/mol. The van der Waals surface area contributed by atoms with Crippen molar-refractivity contribution < 1.29 is 9.90 Å². The predicted molar refractivity (Wildman–Crippen MR) is 90.0 cm³/mol. The molecule has 0 aliphatic carbocycles. The van der Waals surface area contributed by atoms with E-state index in [1.165, 1.54) is 11.3 Å². The number of anilines is 1. The molecular formula is C15H11BrClNO2S. The molecule has 1 aromatic heterocycles. The highest BCUT2D eigenvalue weighted by Gasteiger charge is 2.10. The smallest absolute Gasteiger partial charge is 0.256 e. The number of halogens is 2. The molecule has 21 heavy (non-hydrogen) atoms. The Morgan fingerprint density at radius 2 is 2.24 bits per heavy atom. The quantitative estimate of drug-likeness (QED) is 0.781. The molecular weight excluding hydrogens is 374 g/mol. The molecule has 2 rings (SSSR count). The molecule has 108 valence electrons. The number of aliphatic hydroxyl groups is 1. The number of carbonyl (C=O) groups is 1. The Hall–Kier alpha value is -1.32. The van der Waals surface area contributed by atoms with Crippen LogP contribution in [0, 0.1) is 11.8 Å². The van der Waals surface area contributed by atoms with Crippen LogP contribution in [-0.4, -0.2) is 17.6 Å². The van der Waals surface area contributed by atoms with Crippen molar-refractivity contribution in [3.63, 3.8) is 0 Å². The van der Waals surface area contributed by atoms with Gasteiger partial charge in [0.25, 0.3) is 5.91 Å². The maximum absolute atomic E-state index is 12.1. The summed E-state index contributed by atoms with van der Waals surface area (Å²) in [5, 5.41) is 13.9. The van der Waals surface area contributed by atoms with Gasteiger partial charge in [0, 0.05) is 22.4 Å². The third kappa shape index (κ3) is 4.58. The first-order valence-electron chi connectivity index (χ1n) is 6.05. The Morgan fingerprint density at radius 1 is 1.43 bits per heavy atom. The van der Waals surface area contributed by atoms with Crippen LogP contribution in [0.15, 0.2) is 33.4 Å². The molecule has 0 saturated heterocycles. The van der Waals surface area contributed by atoms with Crippen LogP contribution in [0.5, 0.6) is 0 Å². The lowest BCUT2D eigenvalue weighted by Crippen LogP contribution is -2.11. The summed E-state index contributed by atoms with van der Waals surface area (Å²) < 4.78 is 0.895. The summed E-state index contributed by atoms with van der Waals surface area (Å²) in [5.41, 5.74) is 1.80. The van der Waals surface area contributed by atoms with E-state index in [0.717, 1.165) is 3.79 Å². The van der Waals surface area contributed by atoms with Gasteiger partial charge in [-0.2, -0.15) is 0 Å². The van der Waals surface area contributed by atoms with E-state index in [1.54, 1.807) is 29.6 Å². The van der Waals surface area contributed by atoms with E-state index in [2.05, 4.69) is 33.1 Å². The molecule has 0 fully saturated rings. The number of hydrogen-bond acceptors (Lipinski definition) is 3. The maximum atomic E-state index is 12.1. The van der Waals surface area contributed by atoms with Gasteiger partial charge in [-0.05, 0) is 40.2 Å². The fourth-order valence-electron chi connectivity index (χ4n) is 1.57. The Labute approximate surface area is 140 Å². The van der Waals surface area contributed by atoms with Crippen molar-refractivity contribution in [2.45, 2.75) is 6.42 Å². The van der Waals surface area contributed by atoms with Crippen LogP contribution in [-0.2, 0) is 0 Å². The first-order chi connectivity index (χ1) is 10.1. The van der Waals surface area contributed by atoms with Crippen LogP contribution in [0.2, 0.25) is 5.02 Å². The zero-order valence-electron chi connectivity index (χ0n) is 10.8. The SMILES string of the molecule is O=C(Nc1ccc(Cl)cc1C#CCCO)c1csc(Br)c1. The Morgan fingerprint density at radius 3 is 2.90 bits per heavy atom. The van der Waals surface area contributed by atoms with Crippen molar-refractivity contribution in [1.29, 1.82) is 0 Å². The van der Waals surface area contributed by atoms with E-state index in [0.29, 0.717) is 28.3 Å². The van der Waals surface area contributed by atoms with Gasteiger partial charge in [0.2, 0.25) is 0 Å². The number of benzene rings is 1. The zero-order chi connectivity index (χ0) is 15.2. The van der Waals surface area contributed by atoms with Gasteiger partial charge in [0.15, 0.2) is 0 Å². The van der Waals surface area contributed by atoms with E-state index in [-0.39, 0.29) is 12.5 Å². The lowest BCUT2D eigenvalue weighted by molar-refractivity contribution is 0.102. The summed E-state index contributed by atoms with van der Waals surface area (Å²) in [6, 6.07) is 6.85.